The summed E-state index contributed by atoms with van der Waals surface area (Å²) in [6.07, 6.45) is 7.63. The van der Waals surface area contributed by atoms with Crippen LogP contribution >= 0.6 is 0 Å². The zero-order chi connectivity index (χ0) is 31.7. The SMILES string of the molecule is CN(C)c1ccccc1C(=O)c1cc2cnc(Nc3ccc(N4CCN(C(=O)OC(C)(C)C)CC4)cn3)nc2n1C1CCCC1. The van der Waals surface area contributed by atoms with Gasteiger partial charge in [0.05, 0.1) is 17.6 Å². The minimum atomic E-state index is -0.507. The van der Waals surface area contributed by atoms with Gasteiger partial charge in [0, 0.05) is 69.2 Å². The lowest BCUT2D eigenvalue weighted by atomic mass is 10.0. The summed E-state index contributed by atoms with van der Waals surface area (Å²) in [7, 11) is 3.91. The van der Waals surface area contributed by atoms with Crippen molar-refractivity contribution in [2.24, 2.45) is 0 Å². The van der Waals surface area contributed by atoms with Gasteiger partial charge in [0.15, 0.2) is 0 Å². The van der Waals surface area contributed by atoms with Crippen LogP contribution in [0.2, 0.25) is 0 Å². The average molecular weight is 611 g/mol. The fraction of sp³-hybridized carbons (Fsp3) is 0.441. The molecule has 4 heterocycles. The highest BCUT2D eigenvalue weighted by Gasteiger charge is 2.28. The fourth-order valence-corrected chi connectivity index (χ4v) is 6.20. The summed E-state index contributed by atoms with van der Waals surface area (Å²) in [4.78, 5) is 46.5. The van der Waals surface area contributed by atoms with E-state index in [1.807, 2.05) is 88.4 Å². The molecular formula is C34H42N8O3. The van der Waals surface area contributed by atoms with Crippen molar-refractivity contribution in [3.05, 3.63) is 66.1 Å². The van der Waals surface area contributed by atoms with Gasteiger partial charge in [-0.25, -0.2) is 14.8 Å². The van der Waals surface area contributed by atoms with Gasteiger partial charge in [-0.1, -0.05) is 25.0 Å². The van der Waals surface area contributed by atoms with Gasteiger partial charge >= 0.3 is 6.09 Å². The number of para-hydroxylation sites is 1. The summed E-state index contributed by atoms with van der Waals surface area (Å²) < 4.78 is 7.65. The summed E-state index contributed by atoms with van der Waals surface area (Å²) in [5, 5.41) is 4.10. The Kier molecular flexibility index (Phi) is 8.35. The van der Waals surface area contributed by atoms with E-state index in [1.54, 1.807) is 11.1 Å². The molecule has 1 saturated heterocycles. The molecule has 0 unspecified atom stereocenters. The quantitative estimate of drug-likeness (QED) is 0.251. The molecule has 1 N–H and O–H groups in total. The molecule has 0 bridgehead atoms. The van der Waals surface area contributed by atoms with Gasteiger partial charge in [0.2, 0.25) is 11.7 Å². The Morgan fingerprint density at radius 3 is 2.36 bits per heavy atom. The first-order valence-corrected chi connectivity index (χ1v) is 15.7. The van der Waals surface area contributed by atoms with Crippen molar-refractivity contribution in [2.45, 2.75) is 58.1 Å². The Bertz CT molecular complexity index is 1680. The zero-order valence-electron chi connectivity index (χ0n) is 26.8. The molecule has 11 nitrogen and oxygen atoms in total. The van der Waals surface area contributed by atoms with Crippen LogP contribution in [0.1, 0.15) is 68.5 Å². The molecule has 2 fully saturated rings. The van der Waals surface area contributed by atoms with Crippen LogP contribution in [-0.2, 0) is 4.74 Å². The molecule has 0 spiro atoms. The minimum absolute atomic E-state index is 0.0112. The number of piperazine rings is 1. The van der Waals surface area contributed by atoms with Crippen molar-refractivity contribution < 1.29 is 14.3 Å². The number of ketones is 1. The highest BCUT2D eigenvalue weighted by molar-refractivity contribution is 6.13. The molecule has 0 atom stereocenters. The van der Waals surface area contributed by atoms with Crippen LogP contribution in [0.5, 0.6) is 0 Å². The molecule has 1 aliphatic heterocycles. The van der Waals surface area contributed by atoms with E-state index >= 15 is 0 Å². The smallest absolute Gasteiger partial charge is 0.410 e. The number of anilines is 4. The van der Waals surface area contributed by atoms with Crippen molar-refractivity contribution in [1.82, 2.24) is 24.4 Å². The molecule has 3 aromatic heterocycles. The Balaban J connectivity index is 1.20. The van der Waals surface area contributed by atoms with E-state index in [4.69, 9.17) is 9.72 Å². The second-order valence-electron chi connectivity index (χ2n) is 13.0. The molecule has 2 aliphatic rings. The van der Waals surface area contributed by atoms with E-state index in [9.17, 15) is 9.59 Å². The number of pyridine rings is 1. The van der Waals surface area contributed by atoms with Crippen LogP contribution in [0.25, 0.3) is 11.0 Å². The van der Waals surface area contributed by atoms with Crippen LogP contribution in [0.15, 0.2) is 54.9 Å². The number of nitrogens with zero attached hydrogens (tertiary/aromatic N) is 7. The molecule has 11 heteroatoms. The largest absolute Gasteiger partial charge is 0.444 e. The molecule has 1 saturated carbocycles. The Morgan fingerprint density at radius 1 is 0.956 bits per heavy atom. The lowest BCUT2D eigenvalue weighted by Gasteiger charge is -2.36. The van der Waals surface area contributed by atoms with Gasteiger partial charge in [-0.3, -0.25) is 4.79 Å². The molecule has 45 heavy (non-hydrogen) atoms. The second kappa shape index (κ2) is 12.4. The maximum Gasteiger partial charge on any atom is 0.410 e. The van der Waals surface area contributed by atoms with E-state index in [0.717, 1.165) is 48.1 Å². The van der Waals surface area contributed by atoms with Crippen LogP contribution < -0.4 is 15.1 Å². The van der Waals surface area contributed by atoms with Crippen LogP contribution in [0.4, 0.5) is 27.9 Å². The first-order chi connectivity index (χ1) is 21.6. The molecule has 0 radical (unpaired) electrons. The first-order valence-electron chi connectivity index (χ1n) is 15.7. The Hall–Kier alpha value is -4.67. The van der Waals surface area contributed by atoms with Gasteiger partial charge in [-0.05, 0) is 63.9 Å². The summed E-state index contributed by atoms with van der Waals surface area (Å²) >= 11 is 0. The van der Waals surface area contributed by atoms with Crippen LogP contribution in [0, 0.1) is 0 Å². The molecule has 4 aromatic rings. The lowest BCUT2D eigenvalue weighted by molar-refractivity contribution is 0.0240. The number of carbonyl (C=O) groups excluding carboxylic acids is 2. The van der Waals surface area contributed by atoms with Crippen LogP contribution in [0.3, 0.4) is 0 Å². The lowest BCUT2D eigenvalue weighted by Crippen LogP contribution is -2.50. The number of carbonyl (C=O) groups is 2. The summed E-state index contributed by atoms with van der Waals surface area (Å²) in [5.41, 5.74) is 3.44. The van der Waals surface area contributed by atoms with E-state index in [2.05, 4.69) is 24.8 Å². The normalized spacial score (nSPS) is 15.8. The summed E-state index contributed by atoms with van der Waals surface area (Å²) in [6, 6.07) is 13.8. The first kappa shape index (κ1) is 30.4. The standard InChI is InChI=1S/C34H42N8O3/c1-34(2,3)45-33(44)41-18-16-40(17-19-41)25-14-15-29(35-22-25)37-32-36-21-23-20-28(42(31(23)38-32)24-10-6-7-11-24)30(43)26-12-8-9-13-27(26)39(4)5/h8-9,12-15,20-22,24H,6-7,10-11,16-19H2,1-5H3,(H,35,36,37,38). The third-order valence-corrected chi connectivity index (χ3v) is 8.41. The minimum Gasteiger partial charge on any atom is -0.444 e. The maximum atomic E-state index is 14.0. The topological polar surface area (TPSA) is 109 Å². The van der Waals surface area contributed by atoms with Crippen LogP contribution in [-0.4, -0.2) is 82.2 Å². The second-order valence-corrected chi connectivity index (χ2v) is 13.0. The Labute approximate surface area is 264 Å². The van der Waals surface area contributed by atoms with Crippen molar-refractivity contribution >= 4 is 46.1 Å². The Morgan fingerprint density at radius 2 is 1.69 bits per heavy atom. The van der Waals surface area contributed by atoms with Gasteiger partial charge in [0.25, 0.3) is 0 Å². The molecule has 1 amide bonds. The van der Waals surface area contributed by atoms with Crippen molar-refractivity contribution in [3.8, 4) is 0 Å². The van der Waals surface area contributed by atoms with E-state index in [-0.39, 0.29) is 17.9 Å². The number of hydrogen-bond donors (Lipinski definition) is 1. The summed E-state index contributed by atoms with van der Waals surface area (Å²) in [6.45, 7) is 8.22. The van der Waals surface area contributed by atoms with E-state index < -0.39 is 5.60 Å². The van der Waals surface area contributed by atoms with Gasteiger partial charge < -0.3 is 29.3 Å². The number of rotatable bonds is 7. The highest BCUT2D eigenvalue weighted by atomic mass is 16.6. The van der Waals surface area contributed by atoms with Gasteiger partial charge in [-0.2, -0.15) is 4.98 Å². The van der Waals surface area contributed by atoms with Crippen molar-refractivity contribution in [1.29, 1.82) is 0 Å². The predicted octanol–water partition coefficient (Wildman–Crippen LogP) is 6.04. The number of aromatic nitrogens is 4. The third kappa shape index (κ3) is 6.57. The number of fused-ring (bicyclic) bond motifs is 1. The molecule has 236 valence electrons. The molecule has 1 aromatic carbocycles. The maximum absolute atomic E-state index is 14.0. The predicted molar refractivity (Wildman–Crippen MR) is 177 cm³/mol. The van der Waals surface area contributed by atoms with Crippen molar-refractivity contribution in [2.75, 3.05) is 55.4 Å². The fourth-order valence-electron chi connectivity index (χ4n) is 6.20. The number of nitrogens with one attached hydrogen (secondary N) is 1. The number of hydrogen-bond acceptors (Lipinski definition) is 9. The van der Waals surface area contributed by atoms with Crippen molar-refractivity contribution in [3.63, 3.8) is 0 Å². The highest BCUT2D eigenvalue weighted by Crippen LogP contribution is 2.36. The molecular weight excluding hydrogens is 568 g/mol. The molecule has 6 rings (SSSR count). The van der Waals surface area contributed by atoms with Gasteiger partial charge in [-0.15, -0.1) is 0 Å². The average Bonchev–Trinajstić information content (AvgIpc) is 3.68. The zero-order valence-corrected chi connectivity index (χ0v) is 26.8. The van der Waals surface area contributed by atoms with E-state index in [1.165, 1.54) is 0 Å². The number of ether oxygens (including phenoxy) is 1. The van der Waals surface area contributed by atoms with E-state index in [0.29, 0.717) is 49.2 Å². The van der Waals surface area contributed by atoms with Gasteiger partial charge in [0.1, 0.15) is 17.1 Å². The monoisotopic (exact) mass is 610 g/mol. The molecule has 1 aliphatic carbocycles. The number of amides is 1. The number of benzene rings is 1. The summed E-state index contributed by atoms with van der Waals surface area (Å²) in [5.74, 6) is 1.04. The third-order valence-electron chi connectivity index (χ3n) is 8.41.